The highest BCUT2D eigenvalue weighted by Gasteiger charge is 2.08. The molecule has 0 radical (unpaired) electrons. The summed E-state index contributed by atoms with van der Waals surface area (Å²) in [7, 11) is 1.65. The van der Waals surface area contributed by atoms with Crippen molar-refractivity contribution in [3.63, 3.8) is 0 Å². The molecule has 0 bridgehead atoms. The molecule has 2 rings (SSSR count). The number of hydrogen-bond donors (Lipinski definition) is 2. The van der Waals surface area contributed by atoms with Gasteiger partial charge in [-0.1, -0.05) is 0 Å². The SMILES string of the molecule is COCCCc1nc2ncc(C(=O)O)cc2[nH]1. The van der Waals surface area contributed by atoms with Crippen molar-refractivity contribution in [2.45, 2.75) is 12.8 Å². The molecule has 0 saturated carbocycles. The van der Waals surface area contributed by atoms with Crippen LogP contribution in [0.3, 0.4) is 0 Å². The number of carboxylic acid groups (broad SMARTS) is 1. The standard InChI is InChI=1S/C11H13N3O3/c1-17-4-2-3-9-13-8-5-7(11(15)16)6-12-10(8)14-9/h5-6H,2-4H2,1H3,(H,15,16)(H,12,13,14). The molecule has 0 aliphatic rings. The Morgan fingerprint density at radius 1 is 1.59 bits per heavy atom. The number of methoxy groups -OCH3 is 1. The van der Waals surface area contributed by atoms with Crippen molar-refractivity contribution < 1.29 is 14.6 Å². The predicted octanol–water partition coefficient (Wildman–Crippen LogP) is 1.24. The number of rotatable bonds is 5. The molecule has 6 heteroatoms. The molecule has 90 valence electrons. The lowest BCUT2D eigenvalue weighted by atomic mass is 10.3. The molecule has 0 aliphatic heterocycles. The number of carboxylic acids is 1. The van der Waals surface area contributed by atoms with Crippen LogP contribution in [0.5, 0.6) is 0 Å². The third-order valence-corrected chi connectivity index (χ3v) is 2.40. The molecule has 0 amide bonds. The zero-order valence-electron chi connectivity index (χ0n) is 9.43. The Balaban J connectivity index is 2.21. The van der Waals surface area contributed by atoms with Gasteiger partial charge in [0.25, 0.3) is 0 Å². The molecule has 0 fully saturated rings. The highest BCUT2D eigenvalue weighted by Crippen LogP contribution is 2.11. The van der Waals surface area contributed by atoms with Crippen molar-refractivity contribution in [2.75, 3.05) is 13.7 Å². The summed E-state index contributed by atoms with van der Waals surface area (Å²) in [5.74, 6) is -0.193. The average Bonchev–Trinajstić information content (AvgIpc) is 2.70. The number of ether oxygens (including phenoxy) is 1. The van der Waals surface area contributed by atoms with Crippen LogP contribution in [0, 0.1) is 0 Å². The topological polar surface area (TPSA) is 88.1 Å². The fourth-order valence-electron chi connectivity index (χ4n) is 1.57. The van der Waals surface area contributed by atoms with Crippen LogP contribution < -0.4 is 0 Å². The Labute approximate surface area is 97.7 Å². The fraction of sp³-hybridized carbons (Fsp3) is 0.364. The van der Waals surface area contributed by atoms with Gasteiger partial charge >= 0.3 is 5.97 Å². The molecule has 2 heterocycles. The predicted molar refractivity (Wildman–Crippen MR) is 61.0 cm³/mol. The van der Waals surface area contributed by atoms with Crippen LogP contribution in [0.25, 0.3) is 11.2 Å². The summed E-state index contributed by atoms with van der Waals surface area (Å²) >= 11 is 0. The van der Waals surface area contributed by atoms with Crippen LogP contribution >= 0.6 is 0 Å². The number of nitrogens with one attached hydrogen (secondary N) is 1. The van der Waals surface area contributed by atoms with Gasteiger partial charge in [-0.25, -0.2) is 14.8 Å². The third-order valence-electron chi connectivity index (χ3n) is 2.40. The minimum Gasteiger partial charge on any atom is -0.478 e. The molecule has 0 aromatic carbocycles. The van der Waals surface area contributed by atoms with E-state index in [2.05, 4.69) is 15.0 Å². The minimum absolute atomic E-state index is 0.157. The Morgan fingerprint density at radius 3 is 3.12 bits per heavy atom. The largest absolute Gasteiger partial charge is 0.478 e. The molecular formula is C11H13N3O3. The van der Waals surface area contributed by atoms with E-state index in [4.69, 9.17) is 9.84 Å². The van der Waals surface area contributed by atoms with Gasteiger partial charge in [0.15, 0.2) is 5.65 Å². The van der Waals surface area contributed by atoms with Gasteiger partial charge < -0.3 is 14.8 Å². The van der Waals surface area contributed by atoms with Crippen molar-refractivity contribution in [3.8, 4) is 0 Å². The maximum absolute atomic E-state index is 10.8. The Morgan fingerprint density at radius 2 is 2.41 bits per heavy atom. The van der Waals surface area contributed by atoms with E-state index in [0.29, 0.717) is 17.8 Å². The monoisotopic (exact) mass is 235 g/mol. The molecule has 0 atom stereocenters. The molecular weight excluding hydrogens is 222 g/mol. The zero-order valence-corrected chi connectivity index (χ0v) is 9.43. The summed E-state index contributed by atoms with van der Waals surface area (Å²) in [6.45, 7) is 0.671. The second-order valence-electron chi connectivity index (χ2n) is 3.68. The molecule has 6 nitrogen and oxygen atoms in total. The number of carbonyl (C=O) groups is 1. The number of aryl methyl sites for hydroxylation is 1. The van der Waals surface area contributed by atoms with Gasteiger partial charge in [0.05, 0.1) is 11.1 Å². The highest BCUT2D eigenvalue weighted by molar-refractivity contribution is 5.90. The minimum atomic E-state index is -0.991. The van der Waals surface area contributed by atoms with Crippen LogP contribution in [0.4, 0.5) is 0 Å². The van der Waals surface area contributed by atoms with Crippen LogP contribution in [-0.4, -0.2) is 39.7 Å². The first-order valence-electron chi connectivity index (χ1n) is 5.27. The summed E-state index contributed by atoms with van der Waals surface area (Å²) in [4.78, 5) is 22.1. The van der Waals surface area contributed by atoms with Gasteiger partial charge in [-0.3, -0.25) is 0 Å². The maximum Gasteiger partial charge on any atom is 0.337 e. The normalized spacial score (nSPS) is 10.9. The quantitative estimate of drug-likeness (QED) is 0.761. The van der Waals surface area contributed by atoms with Gasteiger partial charge in [0, 0.05) is 26.3 Å². The van der Waals surface area contributed by atoms with Crippen LogP contribution in [-0.2, 0) is 11.2 Å². The fourth-order valence-corrected chi connectivity index (χ4v) is 1.57. The summed E-state index contributed by atoms with van der Waals surface area (Å²) in [5.41, 5.74) is 1.35. The first-order valence-corrected chi connectivity index (χ1v) is 5.27. The van der Waals surface area contributed by atoms with Crippen molar-refractivity contribution in [2.24, 2.45) is 0 Å². The lowest BCUT2D eigenvalue weighted by molar-refractivity contribution is 0.0696. The second-order valence-corrected chi connectivity index (χ2v) is 3.68. The molecule has 17 heavy (non-hydrogen) atoms. The van der Waals surface area contributed by atoms with Crippen molar-refractivity contribution in [1.82, 2.24) is 15.0 Å². The lowest BCUT2D eigenvalue weighted by Crippen LogP contribution is -1.96. The first-order chi connectivity index (χ1) is 8.20. The highest BCUT2D eigenvalue weighted by atomic mass is 16.5. The van der Waals surface area contributed by atoms with E-state index in [9.17, 15) is 4.79 Å². The number of nitrogens with zero attached hydrogens (tertiary/aromatic N) is 2. The van der Waals surface area contributed by atoms with Crippen LogP contribution in [0.2, 0.25) is 0 Å². The van der Waals surface area contributed by atoms with Gasteiger partial charge in [-0.05, 0) is 12.5 Å². The summed E-state index contributed by atoms with van der Waals surface area (Å²) in [6, 6.07) is 1.54. The number of aromatic carboxylic acids is 1. The Bertz CT molecular complexity index is 536. The second kappa shape index (κ2) is 4.92. The Kier molecular flexibility index (Phi) is 3.34. The third kappa shape index (κ3) is 2.59. The van der Waals surface area contributed by atoms with Crippen LogP contribution in [0.1, 0.15) is 22.6 Å². The molecule has 0 spiro atoms. The van der Waals surface area contributed by atoms with Gasteiger partial charge in [0.2, 0.25) is 0 Å². The summed E-state index contributed by atoms with van der Waals surface area (Å²) in [5, 5.41) is 8.83. The molecule has 0 unspecified atom stereocenters. The summed E-state index contributed by atoms with van der Waals surface area (Å²) < 4.78 is 4.95. The number of aromatic amines is 1. The first kappa shape index (κ1) is 11.5. The van der Waals surface area contributed by atoms with E-state index in [1.165, 1.54) is 12.3 Å². The van der Waals surface area contributed by atoms with Crippen molar-refractivity contribution in [1.29, 1.82) is 0 Å². The van der Waals surface area contributed by atoms with Gasteiger partial charge in [0.1, 0.15) is 5.82 Å². The van der Waals surface area contributed by atoms with E-state index in [1.807, 2.05) is 0 Å². The maximum atomic E-state index is 10.8. The smallest absolute Gasteiger partial charge is 0.337 e. The molecule has 2 N–H and O–H groups in total. The number of H-pyrrole nitrogens is 1. The van der Waals surface area contributed by atoms with E-state index in [0.717, 1.165) is 18.7 Å². The molecule has 0 saturated heterocycles. The number of aromatic nitrogens is 3. The van der Waals surface area contributed by atoms with E-state index < -0.39 is 5.97 Å². The number of imidazole rings is 1. The zero-order chi connectivity index (χ0) is 12.3. The number of hydrogen-bond acceptors (Lipinski definition) is 4. The van der Waals surface area contributed by atoms with Gasteiger partial charge in [-0.15, -0.1) is 0 Å². The van der Waals surface area contributed by atoms with Crippen LogP contribution in [0.15, 0.2) is 12.3 Å². The molecule has 0 aliphatic carbocycles. The number of fused-ring (bicyclic) bond motifs is 1. The lowest BCUT2D eigenvalue weighted by Gasteiger charge is -1.94. The average molecular weight is 235 g/mol. The molecule has 2 aromatic heterocycles. The van der Waals surface area contributed by atoms with E-state index in [-0.39, 0.29) is 5.56 Å². The summed E-state index contributed by atoms with van der Waals surface area (Å²) in [6.07, 6.45) is 2.93. The van der Waals surface area contributed by atoms with E-state index >= 15 is 0 Å². The Hall–Kier alpha value is -1.95. The number of pyridine rings is 1. The van der Waals surface area contributed by atoms with E-state index in [1.54, 1.807) is 7.11 Å². The van der Waals surface area contributed by atoms with Crippen molar-refractivity contribution >= 4 is 17.1 Å². The molecule has 2 aromatic rings. The van der Waals surface area contributed by atoms with Gasteiger partial charge in [-0.2, -0.15) is 0 Å². The van der Waals surface area contributed by atoms with Crippen molar-refractivity contribution in [3.05, 3.63) is 23.7 Å².